The Hall–Kier alpha value is -0.920. The lowest BCUT2D eigenvalue weighted by Gasteiger charge is -2.10. The molecule has 0 saturated carbocycles. The van der Waals surface area contributed by atoms with Crippen LogP contribution in [0.3, 0.4) is 0 Å². The Kier molecular flexibility index (Phi) is 2.46. The van der Waals surface area contributed by atoms with E-state index in [4.69, 9.17) is 5.73 Å². The molecule has 0 aliphatic carbocycles. The molecule has 68 valence electrons. The third-order valence-corrected chi connectivity index (χ3v) is 2.18. The normalized spacial score (nSPS) is 11.5. The third-order valence-electron chi connectivity index (χ3n) is 2.18. The van der Waals surface area contributed by atoms with Crippen LogP contribution in [0.5, 0.6) is 0 Å². The number of aromatic amines is 1. The van der Waals surface area contributed by atoms with Crippen molar-refractivity contribution in [2.24, 2.45) is 0 Å². The zero-order chi connectivity index (χ0) is 9.30. The number of hydrogen-bond acceptors (Lipinski definition) is 1. The average Bonchev–Trinajstić information content (AvgIpc) is 2.30. The molecular weight excluding hydrogens is 148 g/mol. The molecule has 0 atom stereocenters. The highest BCUT2D eigenvalue weighted by Crippen LogP contribution is 2.30. The van der Waals surface area contributed by atoms with Gasteiger partial charge in [-0.15, -0.1) is 0 Å². The molecule has 12 heavy (non-hydrogen) atoms. The van der Waals surface area contributed by atoms with Crippen molar-refractivity contribution in [1.82, 2.24) is 4.98 Å². The van der Waals surface area contributed by atoms with E-state index in [2.05, 4.69) is 32.7 Å². The van der Waals surface area contributed by atoms with E-state index in [0.717, 1.165) is 5.82 Å². The summed E-state index contributed by atoms with van der Waals surface area (Å²) < 4.78 is 0. The van der Waals surface area contributed by atoms with Gasteiger partial charge in [0.2, 0.25) is 0 Å². The molecule has 2 heteroatoms. The van der Waals surface area contributed by atoms with Crippen molar-refractivity contribution in [2.75, 3.05) is 5.73 Å². The molecular formula is C10H18N2. The van der Waals surface area contributed by atoms with E-state index in [1.165, 1.54) is 11.1 Å². The molecule has 0 unspecified atom stereocenters. The van der Waals surface area contributed by atoms with Crippen LogP contribution in [0.1, 0.15) is 50.7 Å². The Morgan fingerprint density at radius 2 is 1.75 bits per heavy atom. The van der Waals surface area contributed by atoms with E-state index in [1.807, 2.05) is 6.20 Å². The molecule has 0 bridgehead atoms. The Morgan fingerprint density at radius 3 is 2.08 bits per heavy atom. The average molecular weight is 166 g/mol. The van der Waals surface area contributed by atoms with E-state index >= 15 is 0 Å². The van der Waals surface area contributed by atoms with Crippen LogP contribution in [-0.2, 0) is 0 Å². The van der Waals surface area contributed by atoms with Gasteiger partial charge in [-0.1, -0.05) is 27.7 Å². The van der Waals surface area contributed by atoms with Crippen LogP contribution >= 0.6 is 0 Å². The minimum absolute atomic E-state index is 0.508. The van der Waals surface area contributed by atoms with E-state index in [9.17, 15) is 0 Å². The highest BCUT2D eigenvalue weighted by molar-refractivity contribution is 5.48. The number of nitrogens with two attached hydrogens (primary N) is 1. The zero-order valence-electron chi connectivity index (χ0n) is 8.31. The number of hydrogen-bond donors (Lipinski definition) is 2. The molecule has 1 rings (SSSR count). The second kappa shape index (κ2) is 3.21. The Bertz CT molecular complexity index is 259. The summed E-state index contributed by atoms with van der Waals surface area (Å²) in [5.74, 6) is 1.89. The van der Waals surface area contributed by atoms with Crippen molar-refractivity contribution < 1.29 is 0 Å². The SMILES string of the molecule is CC(C)c1c[nH]c(N)c1C(C)C. The van der Waals surface area contributed by atoms with Gasteiger partial charge in [-0.25, -0.2) is 0 Å². The molecule has 0 aromatic carbocycles. The van der Waals surface area contributed by atoms with Gasteiger partial charge in [0, 0.05) is 6.20 Å². The van der Waals surface area contributed by atoms with E-state index in [0.29, 0.717) is 11.8 Å². The summed E-state index contributed by atoms with van der Waals surface area (Å²) in [7, 11) is 0. The zero-order valence-corrected chi connectivity index (χ0v) is 8.31. The lowest BCUT2D eigenvalue weighted by atomic mass is 9.94. The van der Waals surface area contributed by atoms with Gasteiger partial charge >= 0.3 is 0 Å². The van der Waals surface area contributed by atoms with Crippen LogP contribution < -0.4 is 5.73 Å². The van der Waals surface area contributed by atoms with Crippen LogP contribution in [0.2, 0.25) is 0 Å². The van der Waals surface area contributed by atoms with Crippen molar-refractivity contribution in [3.8, 4) is 0 Å². The van der Waals surface area contributed by atoms with E-state index < -0.39 is 0 Å². The molecule has 0 spiro atoms. The van der Waals surface area contributed by atoms with Crippen molar-refractivity contribution in [3.63, 3.8) is 0 Å². The van der Waals surface area contributed by atoms with Crippen LogP contribution in [0.4, 0.5) is 5.82 Å². The minimum atomic E-state index is 0.508. The molecule has 1 aromatic rings. The molecule has 1 heterocycles. The lowest BCUT2D eigenvalue weighted by Crippen LogP contribution is -1.98. The first-order chi connectivity index (χ1) is 5.54. The fourth-order valence-electron chi connectivity index (χ4n) is 1.59. The number of H-pyrrole nitrogens is 1. The summed E-state index contributed by atoms with van der Waals surface area (Å²) in [5.41, 5.74) is 8.46. The standard InChI is InChI=1S/C10H18N2/c1-6(2)8-5-12-10(11)9(8)7(3)4/h5-7,12H,11H2,1-4H3. The maximum Gasteiger partial charge on any atom is 0.104 e. The van der Waals surface area contributed by atoms with Crippen molar-refractivity contribution in [2.45, 2.75) is 39.5 Å². The second-order valence-electron chi connectivity index (χ2n) is 3.88. The van der Waals surface area contributed by atoms with Gasteiger partial charge in [0.05, 0.1) is 0 Å². The molecule has 0 saturated heterocycles. The topological polar surface area (TPSA) is 41.8 Å². The van der Waals surface area contributed by atoms with Gasteiger partial charge in [0.25, 0.3) is 0 Å². The Balaban J connectivity index is 3.12. The van der Waals surface area contributed by atoms with Crippen LogP contribution in [0, 0.1) is 0 Å². The number of nitrogen functional groups attached to an aromatic ring is 1. The number of anilines is 1. The van der Waals surface area contributed by atoms with Crippen LogP contribution in [-0.4, -0.2) is 4.98 Å². The summed E-state index contributed by atoms with van der Waals surface area (Å²) >= 11 is 0. The molecule has 1 aromatic heterocycles. The van der Waals surface area contributed by atoms with Gasteiger partial charge in [-0.3, -0.25) is 0 Å². The Morgan fingerprint density at radius 1 is 1.17 bits per heavy atom. The molecule has 0 aliphatic heterocycles. The van der Waals surface area contributed by atoms with Gasteiger partial charge in [-0.2, -0.15) is 0 Å². The molecule has 0 radical (unpaired) electrons. The van der Waals surface area contributed by atoms with Crippen molar-refractivity contribution >= 4 is 5.82 Å². The monoisotopic (exact) mass is 166 g/mol. The molecule has 2 nitrogen and oxygen atoms in total. The fraction of sp³-hybridized carbons (Fsp3) is 0.600. The Labute approximate surface area is 74.2 Å². The summed E-state index contributed by atoms with van der Waals surface area (Å²) in [6.45, 7) is 8.72. The van der Waals surface area contributed by atoms with Gasteiger partial charge < -0.3 is 10.7 Å². The first kappa shape index (κ1) is 9.17. The summed E-state index contributed by atoms with van der Waals surface area (Å²) in [6, 6.07) is 0. The second-order valence-corrected chi connectivity index (χ2v) is 3.88. The first-order valence-corrected chi connectivity index (χ1v) is 4.50. The van der Waals surface area contributed by atoms with Crippen molar-refractivity contribution in [3.05, 3.63) is 17.3 Å². The summed E-state index contributed by atoms with van der Waals surface area (Å²) in [5, 5.41) is 0. The maximum atomic E-state index is 5.82. The molecule has 0 amide bonds. The number of rotatable bonds is 2. The van der Waals surface area contributed by atoms with Gasteiger partial charge in [-0.05, 0) is 23.0 Å². The highest BCUT2D eigenvalue weighted by atomic mass is 14.8. The predicted molar refractivity (Wildman–Crippen MR) is 53.4 cm³/mol. The van der Waals surface area contributed by atoms with Gasteiger partial charge in [0.15, 0.2) is 0 Å². The van der Waals surface area contributed by atoms with Crippen LogP contribution in [0.15, 0.2) is 6.20 Å². The molecule has 0 fully saturated rings. The molecule has 0 aliphatic rings. The first-order valence-electron chi connectivity index (χ1n) is 4.50. The van der Waals surface area contributed by atoms with E-state index in [-0.39, 0.29) is 0 Å². The smallest absolute Gasteiger partial charge is 0.104 e. The van der Waals surface area contributed by atoms with Gasteiger partial charge in [0.1, 0.15) is 5.82 Å². The number of nitrogens with one attached hydrogen (secondary N) is 1. The van der Waals surface area contributed by atoms with Crippen molar-refractivity contribution in [1.29, 1.82) is 0 Å². The quantitative estimate of drug-likeness (QED) is 0.697. The number of aromatic nitrogens is 1. The lowest BCUT2D eigenvalue weighted by molar-refractivity contribution is 0.800. The van der Waals surface area contributed by atoms with E-state index in [1.54, 1.807) is 0 Å². The summed E-state index contributed by atoms with van der Waals surface area (Å²) in [4.78, 5) is 3.08. The fourth-order valence-corrected chi connectivity index (χ4v) is 1.59. The maximum absolute atomic E-state index is 5.82. The summed E-state index contributed by atoms with van der Waals surface area (Å²) in [6.07, 6.45) is 2.02. The minimum Gasteiger partial charge on any atom is -0.385 e. The largest absolute Gasteiger partial charge is 0.385 e. The highest BCUT2D eigenvalue weighted by Gasteiger charge is 2.14. The predicted octanol–water partition coefficient (Wildman–Crippen LogP) is 2.84. The van der Waals surface area contributed by atoms with Crippen LogP contribution in [0.25, 0.3) is 0 Å². The molecule has 3 N–H and O–H groups in total. The third kappa shape index (κ3) is 1.47.